The summed E-state index contributed by atoms with van der Waals surface area (Å²) in [6.45, 7) is 0. The Balaban J connectivity index is 2.11. The Hall–Kier alpha value is -3.06. The number of nitriles is 1. The predicted octanol–water partition coefficient (Wildman–Crippen LogP) is 3.46. The molecule has 0 atom stereocenters. The molecule has 1 aromatic heterocycles. The Labute approximate surface area is 123 Å². The van der Waals surface area contributed by atoms with E-state index in [1.54, 1.807) is 6.20 Å². The SMILES string of the molecule is CN(c1ccc(C#N)cc1)c1ccc(N)c2ccncc12. The lowest BCUT2D eigenvalue weighted by molar-refractivity contribution is 1.22. The quantitative estimate of drug-likeness (QED) is 0.727. The maximum absolute atomic E-state index is 8.87. The largest absolute Gasteiger partial charge is 0.398 e. The van der Waals surface area contributed by atoms with Crippen molar-refractivity contribution in [3.63, 3.8) is 0 Å². The van der Waals surface area contributed by atoms with Crippen molar-refractivity contribution >= 4 is 27.8 Å². The number of hydrogen-bond donors (Lipinski definition) is 1. The van der Waals surface area contributed by atoms with Gasteiger partial charge in [0.1, 0.15) is 0 Å². The normalized spacial score (nSPS) is 10.3. The third kappa shape index (κ3) is 2.26. The minimum absolute atomic E-state index is 0.649. The molecule has 0 saturated carbocycles. The lowest BCUT2D eigenvalue weighted by Gasteiger charge is -2.21. The van der Waals surface area contributed by atoms with Crippen molar-refractivity contribution in [3.05, 3.63) is 60.4 Å². The van der Waals surface area contributed by atoms with Gasteiger partial charge in [0.05, 0.1) is 17.3 Å². The molecule has 0 aliphatic rings. The number of nitrogens with zero attached hydrogens (tertiary/aromatic N) is 3. The molecule has 0 unspecified atom stereocenters. The predicted molar refractivity (Wildman–Crippen MR) is 85.4 cm³/mol. The molecule has 1 heterocycles. The van der Waals surface area contributed by atoms with Crippen LogP contribution >= 0.6 is 0 Å². The second kappa shape index (κ2) is 5.14. The number of nitrogens with two attached hydrogens (primary N) is 1. The molecule has 21 heavy (non-hydrogen) atoms. The van der Waals surface area contributed by atoms with Crippen molar-refractivity contribution in [2.24, 2.45) is 0 Å². The second-order valence-electron chi connectivity index (χ2n) is 4.81. The van der Waals surface area contributed by atoms with Crippen LogP contribution in [0.15, 0.2) is 54.9 Å². The van der Waals surface area contributed by atoms with Gasteiger partial charge in [0.2, 0.25) is 0 Å². The maximum atomic E-state index is 8.87. The van der Waals surface area contributed by atoms with Crippen LogP contribution < -0.4 is 10.6 Å². The lowest BCUT2D eigenvalue weighted by atomic mass is 10.1. The van der Waals surface area contributed by atoms with E-state index >= 15 is 0 Å². The number of anilines is 3. The van der Waals surface area contributed by atoms with Crippen molar-refractivity contribution in [1.82, 2.24) is 4.98 Å². The second-order valence-corrected chi connectivity index (χ2v) is 4.81. The van der Waals surface area contributed by atoms with Crippen LogP contribution in [0.5, 0.6) is 0 Å². The number of fused-ring (bicyclic) bond motifs is 1. The van der Waals surface area contributed by atoms with Gasteiger partial charge in [-0.3, -0.25) is 4.98 Å². The number of hydrogen-bond acceptors (Lipinski definition) is 4. The number of benzene rings is 2. The zero-order valence-electron chi connectivity index (χ0n) is 11.6. The fourth-order valence-electron chi connectivity index (χ4n) is 2.39. The highest BCUT2D eigenvalue weighted by Gasteiger charge is 2.10. The van der Waals surface area contributed by atoms with E-state index in [-0.39, 0.29) is 0 Å². The van der Waals surface area contributed by atoms with Gasteiger partial charge in [-0.25, -0.2) is 0 Å². The summed E-state index contributed by atoms with van der Waals surface area (Å²) in [5.74, 6) is 0. The zero-order chi connectivity index (χ0) is 14.8. The van der Waals surface area contributed by atoms with Crippen LogP contribution in [0, 0.1) is 11.3 Å². The number of nitrogen functional groups attached to an aromatic ring is 1. The van der Waals surface area contributed by atoms with Crippen LogP contribution in [-0.4, -0.2) is 12.0 Å². The van der Waals surface area contributed by atoms with Crippen molar-refractivity contribution in [3.8, 4) is 6.07 Å². The minimum Gasteiger partial charge on any atom is -0.398 e. The first-order valence-electron chi connectivity index (χ1n) is 6.57. The van der Waals surface area contributed by atoms with Crippen molar-refractivity contribution in [2.45, 2.75) is 0 Å². The number of aromatic nitrogens is 1. The van der Waals surface area contributed by atoms with Crippen LogP contribution in [0.1, 0.15) is 5.56 Å². The fourth-order valence-corrected chi connectivity index (χ4v) is 2.39. The molecule has 0 amide bonds. The lowest BCUT2D eigenvalue weighted by Crippen LogP contribution is -2.10. The molecule has 4 heteroatoms. The Morgan fingerprint density at radius 2 is 1.81 bits per heavy atom. The molecule has 0 aliphatic carbocycles. The molecule has 0 saturated heterocycles. The fraction of sp³-hybridized carbons (Fsp3) is 0.0588. The van der Waals surface area contributed by atoms with E-state index in [4.69, 9.17) is 11.0 Å². The Bertz CT molecular complexity index is 832. The average Bonchev–Trinajstić information content (AvgIpc) is 2.55. The number of pyridine rings is 1. The van der Waals surface area contributed by atoms with Crippen LogP contribution in [0.3, 0.4) is 0 Å². The first-order chi connectivity index (χ1) is 10.2. The van der Waals surface area contributed by atoms with E-state index in [0.717, 1.165) is 27.8 Å². The van der Waals surface area contributed by atoms with E-state index in [2.05, 4.69) is 16.0 Å². The highest BCUT2D eigenvalue weighted by Crippen LogP contribution is 2.33. The molecular formula is C17H14N4. The van der Waals surface area contributed by atoms with E-state index in [0.29, 0.717) is 5.56 Å². The van der Waals surface area contributed by atoms with Gasteiger partial charge in [0, 0.05) is 41.6 Å². The van der Waals surface area contributed by atoms with E-state index in [1.807, 2.05) is 55.7 Å². The van der Waals surface area contributed by atoms with Crippen molar-refractivity contribution < 1.29 is 0 Å². The summed E-state index contributed by atoms with van der Waals surface area (Å²) >= 11 is 0. The summed E-state index contributed by atoms with van der Waals surface area (Å²) < 4.78 is 0. The van der Waals surface area contributed by atoms with Gasteiger partial charge in [-0.2, -0.15) is 5.26 Å². The average molecular weight is 274 g/mol. The molecule has 3 aromatic rings. The summed E-state index contributed by atoms with van der Waals surface area (Å²) in [4.78, 5) is 6.25. The monoisotopic (exact) mass is 274 g/mol. The van der Waals surface area contributed by atoms with Gasteiger partial charge >= 0.3 is 0 Å². The minimum atomic E-state index is 0.649. The standard InChI is InChI=1S/C17H14N4/c1-21(13-4-2-12(10-18)3-5-13)17-7-6-16(19)14-8-9-20-11-15(14)17/h2-9,11H,19H2,1H3. The molecule has 2 N–H and O–H groups in total. The van der Waals surface area contributed by atoms with Crippen molar-refractivity contribution in [1.29, 1.82) is 5.26 Å². The van der Waals surface area contributed by atoms with Gasteiger partial charge in [-0.1, -0.05) is 0 Å². The highest BCUT2D eigenvalue weighted by atomic mass is 15.1. The summed E-state index contributed by atoms with van der Waals surface area (Å²) in [7, 11) is 1.99. The van der Waals surface area contributed by atoms with E-state index in [9.17, 15) is 0 Å². The van der Waals surface area contributed by atoms with Crippen molar-refractivity contribution in [2.75, 3.05) is 17.7 Å². The van der Waals surface area contributed by atoms with Gasteiger partial charge in [0.25, 0.3) is 0 Å². The zero-order valence-corrected chi connectivity index (χ0v) is 11.6. The smallest absolute Gasteiger partial charge is 0.0991 e. The highest BCUT2D eigenvalue weighted by molar-refractivity contribution is 6.01. The molecule has 2 aromatic carbocycles. The molecule has 102 valence electrons. The molecule has 0 radical (unpaired) electrons. The molecule has 4 nitrogen and oxygen atoms in total. The third-order valence-electron chi connectivity index (χ3n) is 3.57. The topological polar surface area (TPSA) is 65.9 Å². The van der Waals surface area contributed by atoms with Gasteiger partial charge in [-0.15, -0.1) is 0 Å². The van der Waals surface area contributed by atoms with Gasteiger partial charge in [-0.05, 0) is 42.5 Å². The molecule has 0 fully saturated rings. The van der Waals surface area contributed by atoms with Gasteiger partial charge < -0.3 is 10.6 Å². The Morgan fingerprint density at radius 3 is 2.52 bits per heavy atom. The maximum Gasteiger partial charge on any atom is 0.0991 e. The Morgan fingerprint density at radius 1 is 1.05 bits per heavy atom. The van der Waals surface area contributed by atoms with Crippen LogP contribution in [0.25, 0.3) is 10.8 Å². The van der Waals surface area contributed by atoms with Crippen LogP contribution in [0.4, 0.5) is 17.1 Å². The van der Waals surface area contributed by atoms with E-state index in [1.165, 1.54) is 0 Å². The first-order valence-corrected chi connectivity index (χ1v) is 6.57. The van der Waals surface area contributed by atoms with E-state index < -0.39 is 0 Å². The van der Waals surface area contributed by atoms with Gasteiger partial charge in [0.15, 0.2) is 0 Å². The first kappa shape index (κ1) is 12.9. The molecule has 3 rings (SSSR count). The molecule has 0 bridgehead atoms. The number of rotatable bonds is 2. The Kier molecular flexibility index (Phi) is 3.17. The molecular weight excluding hydrogens is 260 g/mol. The summed E-state index contributed by atoms with van der Waals surface area (Å²) in [5, 5.41) is 10.9. The summed E-state index contributed by atoms with van der Waals surface area (Å²) in [5.41, 5.74) is 9.44. The summed E-state index contributed by atoms with van der Waals surface area (Å²) in [6.07, 6.45) is 3.56. The molecule has 0 aliphatic heterocycles. The summed E-state index contributed by atoms with van der Waals surface area (Å²) in [6, 6.07) is 15.4. The van der Waals surface area contributed by atoms with Crippen LogP contribution in [-0.2, 0) is 0 Å². The molecule has 0 spiro atoms. The van der Waals surface area contributed by atoms with Crippen LogP contribution in [0.2, 0.25) is 0 Å². The third-order valence-corrected chi connectivity index (χ3v) is 3.57.